The van der Waals surface area contributed by atoms with Crippen molar-refractivity contribution < 1.29 is 4.74 Å². The van der Waals surface area contributed by atoms with Crippen molar-refractivity contribution in [3.63, 3.8) is 0 Å². The fourth-order valence-electron chi connectivity index (χ4n) is 2.74. The second kappa shape index (κ2) is 5.10. The maximum atomic E-state index is 5.22. The summed E-state index contributed by atoms with van der Waals surface area (Å²) < 4.78 is 5.22. The molecule has 0 saturated carbocycles. The molecule has 2 aliphatic heterocycles. The molecule has 1 N–H and O–H groups in total. The summed E-state index contributed by atoms with van der Waals surface area (Å²) in [5.74, 6) is 0.787. The van der Waals surface area contributed by atoms with Crippen LogP contribution < -0.4 is 5.32 Å². The fraction of sp³-hybridized carbons (Fsp3) is 1.00. The highest BCUT2D eigenvalue weighted by Gasteiger charge is 2.28. The highest BCUT2D eigenvalue weighted by atomic mass is 16.5. The molecule has 1 atom stereocenters. The molecule has 2 saturated heterocycles. The third-order valence-corrected chi connectivity index (χ3v) is 3.54. The van der Waals surface area contributed by atoms with Crippen LogP contribution in [0.2, 0.25) is 0 Å². The smallest absolute Gasteiger partial charge is 0.0503 e. The molecule has 0 aliphatic carbocycles. The number of nitrogens with one attached hydrogen (secondary N) is 1. The predicted octanol–water partition coefficient (Wildman–Crippen LogP) is 0.707. The van der Waals surface area contributed by atoms with Gasteiger partial charge in [-0.05, 0) is 44.8 Å². The molecule has 0 unspecified atom stereocenters. The Morgan fingerprint density at radius 3 is 2.79 bits per heavy atom. The molecule has 2 aliphatic rings. The third-order valence-electron chi connectivity index (χ3n) is 3.54. The molecule has 82 valence electrons. The van der Waals surface area contributed by atoms with E-state index in [1.54, 1.807) is 0 Å². The van der Waals surface area contributed by atoms with E-state index in [1.807, 2.05) is 7.11 Å². The number of piperidine rings is 1. The SMILES string of the molecule is COC[C@H]1CCN(C2CCNCC2)C1. The summed E-state index contributed by atoms with van der Waals surface area (Å²) in [6, 6.07) is 0.845. The average molecular weight is 198 g/mol. The van der Waals surface area contributed by atoms with Crippen LogP contribution in [0.15, 0.2) is 0 Å². The van der Waals surface area contributed by atoms with Crippen LogP contribution in [-0.2, 0) is 4.74 Å². The quantitative estimate of drug-likeness (QED) is 0.723. The summed E-state index contributed by atoms with van der Waals surface area (Å²) in [7, 11) is 1.81. The lowest BCUT2D eigenvalue weighted by Gasteiger charge is -2.31. The maximum Gasteiger partial charge on any atom is 0.0503 e. The first-order valence-electron chi connectivity index (χ1n) is 5.84. The minimum absolute atomic E-state index is 0.787. The van der Waals surface area contributed by atoms with Crippen molar-refractivity contribution in [2.45, 2.75) is 25.3 Å². The molecule has 3 heteroatoms. The topological polar surface area (TPSA) is 24.5 Å². The van der Waals surface area contributed by atoms with E-state index in [4.69, 9.17) is 4.74 Å². The molecular weight excluding hydrogens is 176 g/mol. The third kappa shape index (κ3) is 2.47. The van der Waals surface area contributed by atoms with Crippen LogP contribution >= 0.6 is 0 Å². The van der Waals surface area contributed by atoms with Crippen LogP contribution in [0.3, 0.4) is 0 Å². The van der Waals surface area contributed by atoms with Gasteiger partial charge < -0.3 is 10.1 Å². The maximum absolute atomic E-state index is 5.22. The molecule has 0 bridgehead atoms. The summed E-state index contributed by atoms with van der Waals surface area (Å²) in [5.41, 5.74) is 0. The number of nitrogens with zero attached hydrogens (tertiary/aromatic N) is 1. The van der Waals surface area contributed by atoms with E-state index < -0.39 is 0 Å². The van der Waals surface area contributed by atoms with E-state index >= 15 is 0 Å². The van der Waals surface area contributed by atoms with Crippen molar-refractivity contribution in [1.82, 2.24) is 10.2 Å². The molecule has 0 radical (unpaired) electrons. The molecule has 14 heavy (non-hydrogen) atoms. The molecule has 2 rings (SSSR count). The summed E-state index contributed by atoms with van der Waals surface area (Å²) in [5, 5.41) is 3.42. The van der Waals surface area contributed by atoms with Crippen molar-refractivity contribution in [3.8, 4) is 0 Å². The van der Waals surface area contributed by atoms with Gasteiger partial charge >= 0.3 is 0 Å². The van der Waals surface area contributed by atoms with Crippen molar-refractivity contribution in [2.75, 3.05) is 39.9 Å². The van der Waals surface area contributed by atoms with Gasteiger partial charge in [-0.15, -0.1) is 0 Å². The molecule has 0 aromatic rings. The molecule has 3 nitrogen and oxygen atoms in total. The number of hydrogen-bond donors (Lipinski definition) is 1. The molecule has 0 aromatic carbocycles. The second-order valence-electron chi connectivity index (χ2n) is 4.59. The van der Waals surface area contributed by atoms with Crippen LogP contribution in [-0.4, -0.2) is 50.8 Å². The lowest BCUT2D eigenvalue weighted by molar-refractivity contribution is 0.140. The second-order valence-corrected chi connectivity index (χ2v) is 4.59. The molecule has 2 heterocycles. The van der Waals surface area contributed by atoms with Gasteiger partial charge in [-0.3, -0.25) is 4.90 Å². The lowest BCUT2D eigenvalue weighted by Crippen LogP contribution is -2.42. The zero-order valence-electron chi connectivity index (χ0n) is 9.17. The van der Waals surface area contributed by atoms with Gasteiger partial charge in [-0.1, -0.05) is 0 Å². The molecular formula is C11H22N2O. The fourth-order valence-corrected chi connectivity index (χ4v) is 2.74. The monoisotopic (exact) mass is 198 g/mol. The van der Waals surface area contributed by atoms with Crippen molar-refractivity contribution in [3.05, 3.63) is 0 Å². The van der Waals surface area contributed by atoms with Crippen LogP contribution in [0.25, 0.3) is 0 Å². The van der Waals surface area contributed by atoms with Crippen LogP contribution in [0.1, 0.15) is 19.3 Å². The van der Waals surface area contributed by atoms with E-state index in [1.165, 1.54) is 45.4 Å². The Balaban J connectivity index is 1.76. The number of likely N-dealkylation sites (tertiary alicyclic amines) is 1. The van der Waals surface area contributed by atoms with E-state index in [-0.39, 0.29) is 0 Å². The standard InChI is InChI=1S/C11H22N2O/c1-14-9-10-4-7-13(8-10)11-2-5-12-6-3-11/h10-12H,2-9H2,1H3/t10-/m0/s1. The molecule has 2 fully saturated rings. The highest BCUT2D eigenvalue weighted by molar-refractivity contribution is 4.84. The lowest BCUT2D eigenvalue weighted by atomic mass is 10.1. The Morgan fingerprint density at radius 1 is 1.29 bits per heavy atom. The van der Waals surface area contributed by atoms with Gasteiger partial charge in [0.1, 0.15) is 0 Å². The average Bonchev–Trinajstić information content (AvgIpc) is 2.68. The normalized spacial score (nSPS) is 31.1. The van der Waals surface area contributed by atoms with Crippen molar-refractivity contribution in [1.29, 1.82) is 0 Å². The molecule has 0 aromatic heterocycles. The van der Waals surface area contributed by atoms with Gasteiger partial charge in [-0.2, -0.15) is 0 Å². The first-order chi connectivity index (χ1) is 6.90. The van der Waals surface area contributed by atoms with Crippen molar-refractivity contribution in [2.24, 2.45) is 5.92 Å². The minimum atomic E-state index is 0.787. The van der Waals surface area contributed by atoms with Gasteiger partial charge in [0.15, 0.2) is 0 Å². The van der Waals surface area contributed by atoms with E-state index in [9.17, 15) is 0 Å². The number of hydrogen-bond acceptors (Lipinski definition) is 3. The van der Waals surface area contributed by atoms with Crippen molar-refractivity contribution >= 4 is 0 Å². The van der Waals surface area contributed by atoms with Crippen LogP contribution in [0.4, 0.5) is 0 Å². The number of rotatable bonds is 3. The minimum Gasteiger partial charge on any atom is -0.384 e. The largest absolute Gasteiger partial charge is 0.384 e. The summed E-state index contributed by atoms with van der Waals surface area (Å²) in [4.78, 5) is 2.67. The van der Waals surface area contributed by atoms with E-state index in [0.717, 1.165) is 18.6 Å². The van der Waals surface area contributed by atoms with Gasteiger partial charge in [0.2, 0.25) is 0 Å². The van der Waals surface area contributed by atoms with Gasteiger partial charge in [0.05, 0.1) is 6.61 Å². The summed E-state index contributed by atoms with van der Waals surface area (Å²) in [6.07, 6.45) is 4.00. The predicted molar refractivity (Wildman–Crippen MR) is 57.4 cm³/mol. The van der Waals surface area contributed by atoms with Crippen LogP contribution in [0, 0.1) is 5.92 Å². The Kier molecular flexibility index (Phi) is 3.79. The molecule has 0 amide bonds. The zero-order chi connectivity index (χ0) is 9.80. The van der Waals surface area contributed by atoms with Gasteiger partial charge in [-0.25, -0.2) is 0 Å². The highest BCUT2D eigenvalue weighted by Crippen LogP contribution is 2.22. The van der Waals surface area contributed by atoms with Crippen LogP contribution in [0.5, 0.6) is 0 Å². The van der Waals surface area contributed by atoms with Gasteiger partial charge in [0, 0.05) is 19.7 Å². The Morgan fingerprint density at radius 2 is 2.07 bits per heavy atom. The summed E-state index contributed by atoms with van der Waals surface area (Å²) in [6.45, 7) is 5.91. The summed E-state index contributed by atoms with van der Waals surface area (Å²) >= 11 is 0. The Bertz CT molecular complexity index is 169. The Hall–Kier alpha value is -0.120. The van der Waals surface area contributed by atoms with E-state index in [0.29, 0.717) is 0 Å². The first kappa shape index (κ1) is 10.4. The Labute approximate surface area is 86.8 Å². The zero-order valence-corrected chi connectivity index (χ0v) is 9.17. The first-order valence-corrected chi connectivity index (χ1v) is 5.84. The molecule has 0 spiro atoms. The van der Waals surface area contributed by atoms with E-state index in [2.05, 4.69) is 10.2 Å². The number of ether oxygens (including phenoxy) is 1. The number of methoxy groups -OCH3 is 1. The van der Waals surface area contributed by atoms with Gasteiger partial charge in [0.25, 0.3) is 0 Å².